The highest BCUT2D eigenvalue weighted by atomic mass is 16.5. The summed E-state index contributed by atoms with van der Waals surface area (Å²) >= 11 is 0. The number of aliphatic hydroxyl groups is 1. The number of anilines is 1. The molecule has 0 aromatic heterocycles. The van der Waals surface area contributed by atoms with Crippen LogP contribution >= 0.6 is 0 Å². The number of hydrogen-bond donors (Lipinski definition) is 2. The van der Waals surface area contributed by atoms with Crippen molar-refractivity contribution in [2.45, 2.75) is 19.4 Å². The van der Waals surface area contributed by atoms with Crippen LogP contribution in [0.2, 0.25) is 0 Å². The molecule has 3 aromatic rings. The van der Waals surface area contributed by atoms with Crippen LogP contribution in [-0.2, 0) is 13.1 Å². The van der Waals surface area contributed by atoms with Crippen molar-refractivity contribution in [3.63, 3.8) is 0 Å². The smallest absolute Gasteiger partial charge is 0.350 e. The topological polar surface area (TPSA) is 95.9 Å². The lowest BCUT2D eigenvalue weighted by atomic mass is 10.2. The average Bonchev–Trinajstić information content (AvgIpc) is 2.89. The maximum Gasteiger partial charge on any atom is 0.350 e. The van der Waals surface area contributed by atoms with Crippen LogP contribution in [0, 0.1) is 0 Å². The molecule has 0 aliphatic carbocycles. The number of nitrogens with one attached hydrogen (secondary N) is 1. The molecule has 0 saturated heterocycles. The number of urea groups is 1. The number of carbonyl (C=O) groups excluding carboxylic acids is 1. The number of guanidine groups is 1. The Labute approximate surface area is 204 Å². The summed E-state index contributed by atoms with van der Waals surface area (Å²) in [5, 5.41) is 14.4. The third-order valence-corrected chi connectivity index (χ3v) is 5.62. The van der Waals surface area contributed by atoms with Crippen molar-refractivity contribution >= 4 is 17.7 Å². The zero-order valence-electron chi connectivity index (χ0n) is 19.8. The molecule has 0 radical (unpaired) electrons. The minimum absolute atomic E-state index is 0.215. The molecule has 0 spiro atoms. The van der Waals surface area contributed by atoms with Crippen LogP contribution in [0.15, 0.2) is 77.8 Å². The third-order valence-electron chi connectivity index (χ3n) is 5.62. The van der Waals surface area contributed by atoms with E-state index in [0.717, 1.165) is 16.9 Å². The fourth-order valence-corrected chi connectivity index (χ4v) is 3.75. The first-order valence-corrected chi connectivity index (χ1v) is 11.0. The van der Waals surface area contributed by atoms with Gasteiger partial charge in [-0.1, -0.05) is 42.5 Å². The number of aliphatic hydroxyl groups excluding tert-OH is 1. The second-order valence-corrected chi connectivity index (χ2v) is 7.85. The molecule has 35 heavy (non-hydrogen) atoms. The summed E-state index contributed by atoms with van der Waals surface area (Å²) in [6.07, 6.45) is -1.25. The summed E-state index contributed by atoms with van der Waals surface area (Å²) in [6.45, 7) is 0.510. The van der Waals surface area contributed by atoms with Gasteiger partial charge >= 0.3 is 6.03 Å². The first kappa shape index (κ1) is 23.9. The quantitative estimate of drug-likeness (QED) is 0.509. The Kier molecular flexibility index (Phi) is 7.37. The standard InChI is InChI=1S/C26H28N4O5/c1-33-21-12-9-19(10-13-21)16-29-24(27-20-11-14-22(34-2)23(15-20)35-3)28-25(31)30(26(29)32)17-18-7-5-4-6-8-18/h4-15,26,32H,16-17H2,1-3H3,(H,27,28,31). The van der Waals surface area contributed by atoms with Crippen LogP contribution in [0.25, 0.3) is 0 Å². The maximum absolute atomic E-state index is 13.0. The normalized spacial score (nSPS) is 15.5. The molecular formula is C26H28N4O5. The van der Waals surface area contributed by atoms with E-state index >= 15 is 0 Å². The van der Waals surface area contributed by atoms with Gasteiger partial charge in [-0.2, -0.15) is 4.99 Å². The molecule has 182 valence electrons. The van der Waals surface area contributed by atoms with Crippen LogP contribution in [-0.4, -0.2) is 54.6 Å². The number of hydrogen-bond acceptors (Lipinski definition) is 7. The highest BCUT2D eigenvalue weighted by molar-refractivity contribution is 6.02. The average molecular weight is 477 g/mol. The predicted molar refractivity (Wildman–Crippen MR) is 133 cm³/mol. The molecule has 0 saturated carbocycles. The van der Waals surface area contributed by atoms with Gasteiger partial charge in [-0.15, -0.1) is 0 Å². The Bertz CT molecular complexity index is 1180. The van der Waals surface area contributed by atoms with Gasteiger partial charge in [-0.05, 0) is 35.4 Å². The molecule has 0 bridgehead atoms. The summed E-state index contributed by atoms with van der Waals surface area (Å²) in [7, 11) is 4.71. The Morgan fingerprint density at radius 1 is 0.829 bits per heavy atom. The Hall–Kier alpha value is -4.24. The monoisotopic (exact) mass is 476 g/mol. The first-order chi connectivity index (χ1) is 17.0. The van der Waals surface area contributed by atoms with E-state index in [-0.39, 0.29) is 12.5 Å². The van der Waals surface area contributed by atoms with E-state index in [1.165, 1.54) is 4.90 Å². The van der Waals surface area contributed by atoms with E-state index in [2.05, 4.69) is 10.3 Å². The highest BCUT2D eigenvalue weighted by Crippen LogP contribution is 2.30. The van der Waals surface area contributed by atoms with Gasteiger partial charge < -0.3 is 24.6 Å². The van der Waals surface area contributed by atoms with Crippen molar-refractivity contribution in [1.29, 1.82) is 0 Å². The van der Waals surface area contributed by atoms with Gasteiger partial charge in [0.15, 0.2) is 11.5 Å². The van der Waals surface area contributed by atoms with Crippen LogP contribution in [0.4, 0.5) is 10.5 Å². The Morgan fingerprint density at radius 3 is 2.14 bits per heavy atom. The van der Waals surface area contributed by atoms with Crippen molar-refractivity contribution in [1.82, 2.24) is 9.80 Å². The largest absolute Gasteiger partial charge is 0.497 e. The zero-order chi connectivity index (χ0) is 24.8. The number of rotatable bonds is 8. The van der Waals surface area contributed by atoms with Crippen LogP contribution in [0.5, 0.6) is 17.2 Å². The van der Waals surface area contributed by atoms with E-state index < -0.39 is 12.4 Å². The number of methoxy groups -OCH3 is 3. The van der Waals surface area contributed by atoms with E-state index in [9.17, 15) is 9.90 Å². The first-order valence-electron chi connectivity index (χ1n) is 11.0. The van der Waals surface area contributed by atoms with Gasteiger partial charge in [-0.3, -0.25) is 9.80 Å². The summed E-state index contributed by atoms with van der Waals surface area (Å²) in [6, 6.07) is 21.7. The molecule has 3 aromatic carbocycles. The molecule has 1 aliphatic rings. The van der Waals surface area contributed by atoms with E-state index in [1.807, 2.05) is 54.6 Å². The van der Waals surface area contributed by atoms with Crippen LogP contribution < -0.4 is 19.5 Å². The molecule has 1 aliphatic heterocycles. The highest BCUT2D eigenvalue weighted by Gasteiger charge is 2.35. The molecule has 2 amide bonds. The van der Waals surface area contributed by atoms with Crippen molar-refractivity contribution in [2.75, 3.05) is 26.6 Å². The minimum Gasteiger partial charge on any atom is -0.497 e. The number of carbonyl (C=O) groups is 1. The lowest BCUT2D eigenvalue weighted by Gasteiger charge is -2.40. The molecule has 1 unspecified atom stereocenters. The number of aliphatic imine (C=N–C) groups is 1. The van der Waals surface area contributed by atoms with Crippen molar-refractivity contribution in [3.05, 3.63) is 83.9 Å². The maximum atomic E-state index is 13.0. The Balaban J connectivity index is 1.65. The molecule has 0 fully saturated rings. The zero-order valence-corrected chi connectivity index (χ0v) is 19.8. The van der Waals surface area contributed by atoms with Gasteiger partial charge in [0.2, 0.25) is 12.3 Å². The second-order valence-electron chi connectivity index (χ2n) is 7.85. The molecule has 1 heterocycles. The molecule has 2 N–H and O–H groups in total. The van der Waals surface area contributed by atoms with Crippen LogP contribution in [0.1, 0.15) is 11.1 Å². The minimum atomic E-state index is -1.25. The fourth-order valence-electron chi connectivity index (χ4n) is 3.75. The molecule has 4 rings (SSSR count). The molecule has 1 atom stereocenters. The summed E-state index contributed by atoms with van der Waals surface area (Å²) in [5.74, 6) is 2.04. The number of benzene rings is 3. The van der Waals surface area contributed by atoms with Gasteiger partial charge in [0.25, 0.3) is 0 Å². The number of nitrogens with zero attached hydrogens (tertiary/aromatic N) is 3. The lowest BCUT2D eigenvalue weighted by molar-refractivity contribution is -0.0672. The van der Waals surface area contributed by atoms with Gasteiger partial charge in [0.1, 0.15) is 5.75 Å². The predicted octanol–water partition coefficient (Wildman–Crippen LogP) is 3.89. The molecular weight excluding hydrogens is 448 g/mol. The second kappa shape index (κ2) is 10.8. The number of ether oxygens (including phenoxy) is 3. The summed E-state index contributed by atoms with van der Waals surface area (Å²) in [4.78, 5) is 20.2. The molecule has 9 heteroatoms. The van der Waals surface area contributed by atoms with E-state index in [1.54, 1.807) is 44.4 Å². The third kappa shape index (κ3) is 5.47. The lowest BCUT2D eigenvalue weighted by Crippen LogP contribution is -2.57. The van der Waals surface area contributed by atoms with Crippen molar-refractivity contribution in [2.24, 2.45) is 4.99 Å². The Morgan fingerprint density at radius 2 is 1.49 bits per heavy atom. The van der Waals surface area contributed by atoms with Gasteiger partial charge in [0, 0.05) is 11.8 Å². The SMILES string of the molecule is COc1ccc(CN2C(Nc3ccc(OC)c(OC)c3)=NC(=O)N(Cc3ccccc3)C2O)cc1. The summed E-state index contributed by atoms with van der Waals surface area (Å²) in [5.41, 5.74) is 2.41. The molecule has 9 nitrogen and oxygen atoms in total. The van der Waals surface area contributed by atoms with E-state index in [4.69, 9.17) is 14.2 Å². The van der Waals surface area contributed by atoms with Crippen molar-refractivity contribution < 1.29 is 24.1 Å². The summed E-state index contributed by atoms with van der Waals surface area (Å²) < 4.78 is 15.9. The fraction of sp³-hybridized carbons (Fsp3) is 0.231. The number of amides is 2. The van der Waals surface area contributed by atoms with Crippen molar-refractivity contribution in [3.8, 4) is 17.2 Å². The van der Waals surface area contributed by atoms with Gasteiger partial charge in [-0.25, -0.2) is 4.79 Å². The van der Waals surface area contributed by atoms with Gasteiger partial charge in [0.05, 0.1) is 34.4 Å². The van der Waals surface area contributed by atoms with E-state index in [0.29, 0.717) is 23.7 Å². The van der Waals surface area contributed by atoms with Crippen LogP contribution in [0.3, 0.4) is 0 Å².